The summed E-state index contributed by atoms with van der Waals surface area (Å²) in [6.07, 6.45) is 0. The van der Waals surface area contributed by atoms with Crippen LogP contribution in [0.5, 0.6) is 0 Å². The van der Waals surface area contributed by atoms with Crippen molar-refractivity contribution >= 4 is 44.6 Å². The Morgan fingerprint density at radius 2 is 0.973 bits per heavy atom. The number of non-ortho nitro benzene ring substituents is 2. The van der Waals surface area contributed by atoms with Crippen molar-refractivity contribution in [1.29, 1.82) is 0 Å². The van der Waals surface area contributed by atoms with E-state index in [2.05, 4.69) is 50.7 Å². The zero-order chi connectivity index (χ0) is 28.7. The molecule has 0 radical (unpaired) electrons. The first-order chi connectivity index (χ1) is 16.7. The largest absolute Gasteiger partial charge is 0.759 e. The highest BCUT2D eigenvalue weighted by molar-refractivity contribution is 7.79. The third-order valence-electron chi connectivity index (χ3n) is 7.27. The zero-order valence-electron chi connectivity index (χ0n) is 21.9. The van der Waals surface area contributed by atoms with Gasteiger partial charge in [0, 0.05) is 71.8 Å². The van der Waals surface area contributed by atoms with Crippen molar-refractivity contribution < 1.29 is 36.5 Å². The van der Waals surface area contributed by atoms with E-state index >= 15 is 0 Å². The third kappa shape index (κ3) is 6.06. The average molecular weight is 535 g/mol. The van der Waals surface area contributed by atoms with Crippen LogP contribution in [0.2, 0.25) is 0 Å². The van der Waals surface area contributed by atoms with E-state index in [1.807, 2.05) is 26.2 Å². The summed E-state index contributed by atoms with van der Waals surface area (Å²) in [6.45, 7) is 12.5. The van der Waals surface area contributed by atoms with Crippen LogP contribution in [-0.2, 0) is 21.2 Å². The Morgan fingerprint density at radius 1 is 0.703 bits per heavy atom. The van der Waals surface area contributed by atoms with Gasteiger partial charge < -0.3 is 9.11 Å². The highest BCUT2D eigenvalue weighted by atomic mass is 32.3. The molecule has 0 bridgehead atoms. The fourth-order valence-electron chi connectivity index (χ4n) is 4.45. The fraction of sp³-hybridized carbons (Fsp3) is 0.417. The number of rotatable bonds is 2. The van der Waals surface area contributed by atoms with Gasteiger partial charge in [0.2, 0.25) is 11.4 Å². The van der Waals surface area contributed by atoms with Crippen molar-refractivity contribution in [3.63, 3.8) is 0 Å². The first kappa shape index (κ1) is 29.7. The molecular weight excluding hydrogens is 504 g/mol. The molecule has 13 heteroatoms. The predicted molar refractivity (Wildman–Crippen MR) is 136 cm³/mol. The first-order valence-electron chi connectivity index (χ1n) is 11.1. The Labute approximate surface area is 215 Å². The normalized spacial score (nSPS) is 16.7. The molecule has 0 atom stereocenters. The van der Waals surface area contributed by atoms with E-state index in [9.17, 15) is 20.2 Å². The number of nitro groups is 2. The van der Waals surface area contributed by atoms with Crippen LogP contribution in [0, 0.1) is 20.2 Å². The maximum absolute atomic E-state index is 10.8. The summed E-state index contributed by atoms with van der Waals surface area (Å²) in [6, 6.07) is 10.1. The van der Waals surface area contributed by atoms with Gasteiger partial charge in [0.25, 0.3) is 11.4 Å². The SMILES string of the molecule is CC1=[N+](C)c2ccc([N+](=O)[O-])cc2C1(C)C.CC1=[N+](C)c2ccc([N+](=O)[O-])cc2C1(C)C.O=S(=O)([O-])[O-]. The molecular formula is C24H30N4O8S. The van der Waals surface area contributed by atoms with Crippen molar-refractivity contribution in [3.8, 4) is 0 Å². The van der Waals surface area contributed by atoms with Gasteiger partial charge >= 0.3 is 0 Å². The van der Waals surface area contributed by atoms with Crippen LogP contribution >= 0.6 is 0 Å². The van der Waals surface area contributed by atoms with Crippen molar-refractivity contribution in [1.82, 2.24) is 0 Å². The molecule has 0 aromatic heterocycles. The van der Waals surface area contributed by atoms with Crippen molar-refractivity contribution in [2.24, 2.45) is 0 Å². The second-order valence-electron chi connectivity index (χ2n) is 9.86. The lowest BCUT2D eigenvalue weighted by Crippen LogP contribution is -2.25. The van der Waals surface area contributed by atoms with E-state index in [4.69, 9.17) is 17.5 Å². The van der Waals surface area contributed by atoms with Gasteiger partial charge in [-0.25, -0.2) is 9.15 Å². The molecule has 0 unspecified atom stereocenters. The average Bonchev–Trinajstić information content (AvgIpc) is 3.07. The molecule has 0 fully saturated rings. The highest BCUT2D eigenvalue weighted by Gasteiger charge is 2.43. The lowest BCUT2D eigenvalue weighted by atomic mass is 9.82. The Morgan fingerprint density at radius 3 is 1.22 bits per heavy atom. The molecule has 0 spiro atoms. The van der Waals surface area contributed by atoms with E-state index in [0.29, 0.717) is 0 Å². The van der Waals surface area contributed by atoms with E-state index in [1.54, 1.807) is 24.3 Å². The Kier molecular flexibility index (Phi) is 8.08. The Bertz CT molecular complexity index is 1350. The minimum atomic E-state index is -5.17. The number of fused-ring (bicyclic) bond motifs is 2. The molecule has 0 aliphatic carbocycles. The van der Waals surface area contributed by atoms with E-state index in [-0.39, 0.29) is 32.1 Å². The maximum Gasteiger partial charge on any atom is 0.270 e. The van der Waals surface area contributed by atoms with Crippen LogP contribution in [0.15, 0.2) is 36.4 Å². The van der Waals surface area contributed by atoms with Gasteiger partial charge in [0.05, 0.1) is 20.7 Å². The first-order valence-corrected chi connectivity index (χ1v) is 12.4. The number of nitro benzene ring substituents is 2. The maximum atomic E-state index is 10.8. The van der Waals surface area contributed by atoms with Crippen LogP contribution < -0.4 is 0 Å². The van der Waals surface area contributed by atoms with Gasteiger partial charge in [-0.05, 0) is 27.7 Å². The molecule has 0 saturated carbocycles. The van der Waals surface area contributed by atoms with Crippen LogP contribution in [0.25, 0.3) is 0 Å². The Hall–Kier alpha value is -3.55. The molecule has 2 aromatic rings. The molecule has 37 heavy (non-hydrogen) atoms. The van der Waals surface area contributed by atoms with Gasteiger partial charge in [-0.2, -0.15) is 0 Å². The molecule has 200 valence electrons. The number of hydrogen-bond donors (Lipinski definition) is 0. The quantitative estimate of drug-likeness (QED) is 0.183. The van der Waals surface area contributed by atoms with Gasteiger partial charge in [-0.3, -0.25) is 28.6 Å². The summed E-state index contributed by atoms with van der Waals surface area (Å²) in [4.78, 5) is 20.8. The molecule has 0 saturated heterocycles. The molecule has 0 N–H and O–H groups in total. The lowest BCUT2D eigenvalue weighted by Gasteiger charge is -2.14. The molecule has 2 aromatic carbocycles. The van der Waals surface area contributed by atoms with Gasteiger partial charge in [-0.15, -0.1) is 0 Å². The highest BCUT2D eigenvalue weighted by Crippen LogP contribution is 2.41. The zero-order valence-corrected chi connectivity index (χ0v) is 22.7. The number of nitrogens with zero attached hydrogens (tertiary/aromatic N) is 4. The second kappa shape index (κ2) is 10.1. The number of hydrogen-bond acceptors (Lipinski definition) is 8. The smallest absolute Gasteiger partial charge is 0.270 e. The van der Waals surface area contributed by atoms with Crippen LogP contribution in [0.1, 0.15) is 52.7 Å². The Balaban J connectivity index is 0.000000221. The summed E-state index contributed by atoms with van der Waals surface area (Å²) in [5.74, 6) is 0. The van der Waals surface area contributed by atoms with E-state index < -0.39 is 10.4 Å². The standard InChI is InChI=1S/2C12H15N2O2.H2O4S/c2*1-8-12(2,3)10-7-9(14(15)16)5-6-11(10)13(8)4;1-5(2,3)4/h2*5-7H,1-4H3;(H2,1,2,3,4)/q2*+1;/p-2. The minimum absolute atomic E-state index is 0.129. The van der Waals surface area contributed by atoms with Gasteiger partial charge in [-0.1, -0.05) is 0 Å². The van der Waals surface area contributed by atoms with Gasteiger partial charge in [0.1, 0.15) is 14.1 Å². The molecule has 2 aliphatic rings. The topological polar surface area (TPSA) is 173 Å². The fourth-order valence-corrected chi connectivity index (χ4v) is 4.45. The summed E-state index contributed by atoms with van der Waals surface area (Å²) in [5, 5.41) is 21.5. The summed E-state index contributed by atoms with van der Waals surface area (Å²) >= 11 is 0. The van der Waals surface area contributed by atoms with Crippen LogP contribution in [0.4, 0.5) is 22.7 Å². The summed E-state index contributed by atoms with van der Waals surface area (Å²) in [5.41, 5.74) is 6.67. The van der Waals surface area contributed by atoms with Crippen LogP contribution in [-0.4, -0.2) is 62.0 Å². The minimum Gasteiger partial charge on any atom is -0.759 e. The molecule has 2 aliphatic heterocycles. The number of benzene rings is 2. The molecule has 4 rings (SSSR count). The summed E-state index contributed by atoms with van der Waals surface area (Å²) in [7, 11) is -1.18. The van der Waals surface area contributed by atoms with E-state index in [1.165, 1.54) is 11.4 Å². The third-order valence-corrected chi connectivity index (χ3v) is 7.27. The monoisotopic (exact) mass is 534 g/mol. The predicted octanol–water partition coefficient (Wildman–Crippen LogP) is 3.90. The molecule has 12 nitrogen and oxygen atoms in total. The lowest BCUT2D eigenvalue weighted by molar-refractivity contribution is -0.403. The summed E-state index contributed by atoms with van der Waals surface area (Å²) < 4.78 is 38.3. The van der Waals surface area contributed by atoms with E-state index in [0.717, 1.165) is 22.5 Å². The van der Waals surface area contributed by atoms with Crippen molar-refractivity contribution in [2.45, 2.75) is 52.4 Å². The van der Waals surface area contributed by atoms with Gasteiger partial charge in [0.15, 0.2) is 11.4 Å². The molecule has 2 heterocycles. The second-order valence-corrected chi connectivity index (χ2v) is 10.7. The van der Waals surface area contributed by atoms with Crippen molar-refractivity contribution in [2.75, 3.05) is 14.1 Å². The van der Waals surface area contributed by atoms with Crippen LogP contribution in [0.3, 0.4) is 0 Å². The molecule has 0 amide bonds. The van der Waals surface area contributed by atoms with Crippen molar-refractivity contribution in [3.05, 3.63) is 67.8 Å².